The molecule has 0 atom stereocenters. The van der Waals surface area contributed by atoms with Gasteiger partial charge in [-0.1, -0.05) is 16.8 Å². The van der Waals surface area contributed by atoms with Gasteiger partial charge in [0.05, 0.1) is 17.1 Å². The lowest BCUT2D eigenvalue weighted by Crippen LogP contribution is -2.05. The zero-order valence-electron chi connectivity index (χ0n) is 10.3. The molecule has 2 aromatic rings. The summed E-state index contributed by atoms with van der Waals surface area (Å²) in [5, 5.41) is 14.4. The third-order valence-corrected chi connectivity index (χ3v) is 3.73. The minimum atomic E-state index is 0.0201. The minimum absolute atomic E-state index is 0.0201. The van der Waals surface area contributed by atoms with Gasteiger partial charge in [-0.3, -0.25) is 0 Å². The Labute approximate surface area is 115 Å². The first-order valence-electron chi connectivity index (χ1n) is 6.27. The highest BCUT2D eigenvalue weighted by atomic mass is 35.5. The molecule has 0 saturated carbocycles. The Bertz CT molecular complexity index is 625. The lowest BCUT2D eigenvalue weighted by Gasteiger charge is -2.19. The summed E-state index contributed by atoms with van der Waals surface area (Å²) in [6.45, 7) is 0.177. The van der Waals surface area contributed by atoms with Crippen LogP contribution in [0.4, 0.5) is 0 Å². The van der Waals surface area contributed by atoms with Gasteiger partial charge < -0.3 is 15.4 Å². The van der Waals surface area contributed by atoms with E-state index >= 15 is 0 Å². The standard InChI is InChI=1S/C13H14ClN3O2/c14-9-5-7-3-1-2-4-8(7)11(12(9)18)13-16-10(6-15)19-17-13/h5,18H,1-4,6,15H2. The molecular weight excluding hydrogens is 266 g/mol. The predicted molar refractivity (Wildman–Crippen MR) is 70.9 cm³/mol. The van der Waals surface area contributed by atoms with Crippen LogP contribution in [-0.2, 0) is 19.4 Å². The van der Waals surface area contributed by atoms with Gasteiger partial charge in [-0.2, -0.15) is 4.98 Å². The molecule has 1 aliphatic carbocycles. The molecule has 100 valence electrons. The quantitative estimate of drug-likeness (QED) is 0.882. The van der Waals surface area contributed by atoms with Crippen molar-refractivity contribution in [1.29, 1.82) is 0 Å². The van der Waals surface area contributed by atoms with Gasteiger partial charge in [-0.05, 0) is 42.9 Å². The Kier molecular flexibility index (Phi) is 3.16. The van der Waals surface area contributed by atoms with E-state index in [4.69, 9.17) is 21.9 Å². The monoisotopic (exact) mass is 279 g/mol. The van der Waals surface area contributed by atoms with Gasteiger partial charge in [0, 0.05) is 0 Å². The van der Waals surface area contributed by atoms with Crippen LogP contribution in [0.3, 0.4) is 0 Å². The molecule has 0 radical (unpaired) electrons. The van der Waals surface area contributed by atoms with Crippen LogP contribution in [0.1, 0.15) is 29.9 Å². The van der Waals surface area contributed by atoms with Crippen LogP contribution in [0.5, 0.6) is 5.75 Å². The number of phenolic OH excluding ortho intramolecular Hbond substituents is 1. The second-order valence-corrected chi connectivity index (χ2v) is 5.05. The number of hydrogen-bond acceptors (Lipinski definition) is 5. The van der Waals surface area contributed by atoms with Crippen LogP contribution in [0.15, 0.2) is 10.6 Å². The van der Waals surface area contributed by atoms with Crippen molar-refractivity contribution in [2.24, 2.45) is 5.73 Å². The van der Waals surface area contributed by atoms with Crippen LogP contribution in [0.2, 0.25) is 5.02 Å². The third-order valence-electron chi connectivity index (χ3n) is 3.44. The summed E-state index contributed by atoms with van der Waals surface area (Å²) in [7, 11) is 0. The van der Waals surface area contributed by atoms with Gasteiger partial charge in [0.25, 0.3) is 0 Å². The smallest absolute Gasteiger partial charge is 0.240 e. The van der Waals surface area contributed by atoms with Crippen LogP contribution in [0.25, 0.3) is 11.4 Å². The zero-order chi connectivity index (χ0) is 13.4. The maximum Gasteiger partial charge on any atom is 0.240 e. The largest absolute Gasteiger partial charge is 0.506 e. The average molecular weight is 280 g/mol. The maximum atomic E-state index is 10.2. The van der Waals surface area contributed by atoms with Crippen molar-refractivity contribution in [3.63, 3.8) is 0 Å². The Morgan fingerprint density at radius 3 is 2.89 bits per heavy atom. The highest BCUT2D eigenvalue weighted by Gasteiger charge is 2.23. The fraction of sp³-hybridized carbons (Fsp3) is 0.385. The molecule has 1 aromatic heterocycles. The summed E-state index contributed by atoms with van der Waals surface area (Å²) < 4.78 is 5.01. The summed E-state index contributed by atoms with van der Waals surface area (Å²) in [5.74, 6) is 0.726. The number of nitrogens with zero attached hydrogens (tertiary/aromatic N) is 2. The van der Waals surface area contributed by atoms with E-state index in [1.54, 1.807) is 0 Å². The molecule has 1 aromatic carbocycles. The molecule has 6 heteroatoms. The van der Waals surface area contributed by atoms with E-state index in [0.717, 1.165) is 36.8 Å². The maximum absolute atomic E-state index is 10.2. The first kappa shape index (κ1) is 12.4. The number of rotatable bonds is 2. The number of hydrogen-bond donors (Lipinski definition) is 2. The predicted octanol–water partition coefficient (Wildman–Crippen LogP) is 2.43. The van der Waals surface area contributed by atoms with Crippen molar-refractivity contribution in [3.8, 4) is 17.1 Å². The third kappa shape index (κ3) is 2.09. The summed E-state index contributed by atoms with van der Waals surface area (Å²) in [6, 6.07) is 1.83. The zero-order valence-corrected chi connectivity index (χ0v) is 11.1. The van der Waals surface area contributed by atoms with Crippen LogP contribution < -0.4 is 5.73 Å². The van der Waals surface area contributed by atoms with E-state index in [1.165, 1.54) is 0 Å². The fourth-order valence-electron chi connectivity index (χ4n) is 2.54. The summed E-state index contributed by atoms with van der Waals surface area (Å²) >= 11 is 6.08. The van der Waals surface area contributed by atoms with E-state index in [1.807, 2.05) is 6.07 Å². The van der Waals surface area contributed by atoms with Crippen molar-refractivity contribution >= 4 is 11.6 Å². The van der Waals surface area contributed by atoms with E-state index in [9.17, 15) is 5.11 Å². The Balaban J connectivity index is 2.20. The second kappa shape index (κ2) is 4.83. The molecule has 0 unspecified atom stereocenters. The normalized spacial score (nSPS) is 14.4. The highest BCUT2D eigenvalue weighted by Crippen LogP contribution is 2.41. The van der Waals surface area contributed by atoms with Crippen LogP contribution in [0, 0.1) is 0 Å². The first-order chi connectivity index (χ1) is 9.20. The molecule has 5 nitrogen and oxygen atoms in total. The van der Waals surface area contributed by atoms with Gasteiger partial charge in [0.1, 0.15) is 5.75 Å². The fourth-order valence-corrected chi connectivity index (χ4v) is 2.76. The van der Waals surface area contributed by atoms with E-state index < -0.39 is 0 Å². The molecule has 0 saturated heterocycles. The summed E-state index contributed by atoms with van der Waals surface area (Å²) in [4.78, 5) is 4.19. The Morgan fingerprint density at radius 2 is 2.16 bits per heavy atom. The second-order valence-electron chi connectivity index (χ2n) is 4.64. The molecular formula is C13H14ClN3O2. The summed E-state index contributed by atoms with van der Waals surface area (Å²) in [5.41, 5.74) is 8.27. The Morgan fingerprint density at radius 1 is 1.37 bits per heavy atom. The lowest BCUT2D eigenvalue weighted by atomic mass is 9.87. The number of nitrogens with two attached hydrogens (primary N) is 1. The van der Waals surface area contributed by atoms with Crippen molar-refractivity contribution in [3.05, 3.63) is 28.1 Å². The molecule has 19 heavy (non-hydrogen) atoms. The van der Waals surface area contributed by atoms with Gasteiger partial charge in [0.2, 0.25) is 11.7 Å². The molecule has 0 aliphatic heterocycles. The molecule has 3 N–H and O–H groups in total. The number of fused-ring (bicyclic) bond motifs is 1. The topological polar surface area (TPSA) is 85.2 Å². The van der Waals surface area contributed by atoms with E-state index in [0.29, 0.717) is 22.3 Å². The Hall–Kier alpha value is -1.59. The van der Waals surface area contributed by atoms with Gasteiger partial charge >= 0.3 is 0 Å². The SMILES string of the molecule is NCc1nc(-c2c(O)c(Cl)cc3c2CCCC3)no1. The minimum Gasteiger partial charge on any atom is -0.506 e. The van der Waals surface area contributed by atoms with Crippen molar-refractivity contribution in [2.75, 3.05) is 0 Å². The number of aromatic hydroxyl groups is 1. The molecule has 3 rings (SSSR count). The number of benzene rings is 1. The van der Waals surface area contributed by atoms with Crippen LogP contribution in [-0.4, -0.2) is 15.2 Å². The molecule has 1 heterocycles. The molecule has 0 fully saturated rings. The van der Waals surface area contributed by atoms with Crippen molar-refractivity contribution < 1.29 is 9.63 Å². The molecule has 0 spiro atoms. The van der Waals surface area contributed by atoms with Crippen molar-refractivity contribution in [2.45, 2.75) is 32.2 Å². The average Bonchev–Trinajstić information content (AvgIpc) is 2.89. The van der Waals surface area contributed by atoms with Gasteiger partial charge in [0.15, 0.2) is 0 Å². The van der Waals surface area contributed by atoms with Gasteiger partial charge in [-0.25, -0.2) is 0 Å². The van der Waals surface area contributed by atoms with Gasteiger partial charge in [-0.15, -0.1) is 0 Å². The molecule has 0 bridgehead atoms. The van der Waals surface area contributed by atoms with E-state index in [-0.39, 0.29) is 12.3 Å². The molecule has 0 amide bonds. The van der Waals surface area contributed by atoms with Crippen molar-refractivity contribution in [1.82, 2.24) is 10.1 Å². The number of halogens is 1. The first-order valence-corrected chi connectivity index (χ1v) is 6.64. The lowest BCUT2D eigenvalue weighted by molar-refractivity contribution is 0.380. The number of aromatic nitrogens is 2. The van der Waals surface area contributed by atoms with E-state index in [2.05, 4.69) is 10.1 Å². The highest BCUT2D eigenvalue weighted by molar-refractivity contribution is 6.32. The number of aryl methyl sites for hydroxylation is 1. The van der Waals surface area contributed by atoms with Crippen LogP contribution >= 0.6 is 11.6 Å². The number of phenols is 1. The molecule has 1 aliphatic rings. The summed E-state index contributed by atoms with van der Waals surface area (Å²) in [6.07, 6.45) is 4.07.